The molecular weight excluding hydrogens is 1060 g/mol. The molecular formula is C63H102O19. The minimum Gasteiger partial charge on any atom is -0.458 e. The molecule has 5 aliphatic heterocycles. The first-order valence-electron chi connectivity index (χ1n) is 30.3. The molecule has 25 unspecified atom stereocenters. The summed E-state index contributed by atoms with van der Waals surface area (Å²) in [4.78, 5) is 27.9. The highest BCUT2D eigenvalue weighted by Crippen LogP contribution is 2.44. The van der Waals surface area contributed by atoms with Crippen LogP contribution >= 0.6 is 0 Å². The number of hydrogen-bond acceptors (Lipinski definition) is 19. The van der Waals surface area contributed by atoms with Crippen LogP contribution in [0.2, 0.25) is 0 Å². The standard InChI is InChI=1S/C63H102O19/c1-14-41-22-20-24-43(16-3)59(35(7)48(65)31-62(73)33-50(45(18-5)37(9)81-62)77-54-30-47(64)55(69)39(11)75-54)79-52(67)28-26-42(15-2)23-21-25-44(17-4)60(80-53(68)29-27-41)36(8)49(66)32-63(74-13)34-51(46(19-6)38(10)82-63)78-61-58(72)57(71)56(70)40(12)76-61/h20-29,35-40,43-51,54-61,64-66,69-73H,14-19,30-34H2,1-13H3/b24-20+,25-21+,28-26?,29-27+,41-22+,42-23+. The zero-order chi connectivity index (χ0) is 60.8. The average Bonchev–Trinajstić information content (AvgIpc) is 3.64. The van der Waals surface area contributed by atoms with E-state index in [-0.39, 0.29) is 43.9 Å². The van der Waals surface area contributed by atoms with Gasteiger partial charge in [-0.25, -0.2) is 9.59 Å². The summed E-state index contributed by atoms with van der Waals surface area (Å²) in [6, 6.07) is 0. The molecule has 5 rings (SSSR count). The summed E-state index contributed by atoms with van der Waals surface area (Å²) in [7, 11) is 1.49. The Morgan fingerprint density at radius 1 is 0.598 bits per heavy atom. The molecule has 0 aromatic carbocycles. The Hall–Kier alpha value is -3.22. The molecule has 8 N–H and O–H groups in total. The highest BCUT2D eigenvalue weighted by Gasteiger charge is 2.52. The maximum absolute atomic E-state index is 14.0. The van der Waals surface area contributed by atoms with E-state index in [9.17, 15) is 50.4 Å². The fourth-order valence-electron chi connectivity index (χ4n) is 12.6. The molecule has 25 atom stereocenters. The number of esters is 2. The quantitative estimate of drug-likeness (QED) is 0.0625. The zero-order valence-electron chi connectivity index (χ0n) is 50.9. The largest absolute Gasteiger partial charge is 0.458 e. The van der Waals surface area contributed by atoms with E-state index in [1.807, 2.05) is 98.8 Å². The molecule has 19 heteroatoms. The Labute approximate surface area is 487 Å². The van der Waals surface area contributed by atoms with Crippen molar-refractivity contribution in [3.05, 3.63) is 71.9 Å². The number of allylic oxidation sites excluding steroid dienone is 8. The lowest BCUT2D eigenvalue weighted by atomic mass is 9.80. The minimum absolute atomic E-state index is 0.00375. The normalized spacial score (nSPS) is 43.4. The first-order chi connectivity index (χ1) is 38.8. The first kappa shape index (κ1) is 69.6. The van der Waals surface area contributed by atoms with Crippen LogP contribution in [-0.2, 0) is 52.2 Å². The van der Waals surface area contributed by atoms with Gasteiger partial charge in [-0.1, -0.05) is 104 Å². The van der Waals surface area contributed by atoms with Crippen LogP contribution in [0.3, 0.4) is 0 Å². The van der Waals surface area contributed by atoms with E-state index in [1.54, 1.807) is 32.9 Å². The molecule has 19 nitrogen and oxygen atoms in total. The smallest absolute Gasteiger partial charge is 0.331 e. The molecule has 82 heavy (non-hydrogen) atoms. The second-order valence-corrected chi connectivity index (χ2v) is 23.7. The van der Waals surface area contributed by atoms with Gasteiger partial charge >= 0.3 is 11.9 Å². The van der Waals surface area contributed by atoms with E-state index in [0.29, 0.717) is 38.5 Å². The molecule has 5 heterocycles. The Kier molecular flexibility index (Phi) is 27.1. The monoisotopic (exact) mass is 1160 g/mol. The van der Waals surface area contributed by atoms with Gasteiger partial charge in [0.15, 0.2) is 24.2 Å². The van der Waals surface area contributed by atoms with Gasteiger partial charge in [0.1, 0.15) is 36.6 Å². The van der Waals surface area contributed by atoms with Gasteiger partial charge in [0.05, 0.1) is 54.9 Å². The fraction of sp³-hybridized carbons (Fsp3) is 0.778. The molecule has 0 amide bonds. The van der Waals surface area contributed by atoms with Crippen molar-refractivity contribution in [1.82, 2.24) is 0 Å². The van der Waals surface area contributed by atoms with E-state index in [2.05, 4.69) is 0 Å². The van der Waals surface area contributed by atoms with Crippen LogP contribution < -0.4 is 0 Å². The van der Waals surface area contributed by atoms with E-state index in [0.717, 1.165) is 11.1 Å². The third-order valence-electron chi connectivity index (χ3n) is 18.0. The van der Waals surface area contributed by atoms with Gasteiger partial charge < -0.3 is 83.5 Å². The molecule has 0 radical (unpaired) electrons. The zero-order valence-corrected chi connectivity index (χ0v) is 50.9. The summed E-state index contributed by atoms with van der Waals surface area (Å²) in [6.07, 6.45) is 4.49. The van der Waals surface area contributed by atoms with Gasteiger partial charge in [0, 0.05) is 86.9 Å². The summed E-state index contributed by atoms with van der Waals surface area (Å²) in [5.41, 5.74) is 1.56. The number of rotatable bonds is 19. The second-order valence-electron chi connectivity index (χ2n) is 23.7. The Morgan fingerprint density at radius 3 is 1.56 bits per heavy atom. The number of aliphatic hydroxyl groups is 8. The van der Waals surface area contributed by atoms with Crippen molar-refractivity contribution in [1.29, 1.82) is 0 Å². The third-order valence-corrected chi connectivity index (χ3v) is 18.0. The third kappa shape index (κ3) is 18.2. The topological polar surface area (TPSA) is 279 Å². The molecule has 5 aliphatic rings. The van der Waals surface area contributed by atoms with E-state index < -0.39 is 151 Å². The maximum atomic E-state index is 14.0. The van der Waals surface area contributed by atoms with Crippen LogP contribution in [0.15, 0.2) is 71.9 Å². The molecule has 0 aromatic rings. The molecule has 468 valence electrons. The van der Waals surface area contributed by atoms with Crippen LogP contribution in [-0.4, -0.2) is 176 Å². The molecule has 0 bridgehead atoms. The van der Waals surface area contributed by atoms with Crippen molar-refractivity contribution in [3.63, 3.8) is 0 Å². The SMILES string of the molecule is CC/C1=C\C=C\C(CC)C(C(C)C(O)CC2(OC)CC(OC3OC(C)C(O)C(O)C3O)C(CC)C(C)O2)OC(=O)/C=C/C(CC)=C/C=C/C(CC)C(C(C)C(O)CC2(O)CC(OC3CC(O)C(O)C(C)O3)C(CC)C(C)O2)OC(=O)C=C1. The van der Waals surface area contributed by atoms with Crippen molar-refractivity contribution in [2.24, 2.45) is 35.5 Å². The molecule has 0 saturated carbocycles. The predicted octanol–water partition coefficient (Wildman–Crippen LogP) is 6.70. The Bertz CT molecular complexity index is 2170. The van der Waals surface area contributed by atoms with Crippen molar-refractivity contribution in [2.45, 2.75) is 269 Å². The van der Waals surface area contributed by atoms with Crippen LogP contribution in [0.5, 0.6) is 0 Å². The summed E-state index contributed by atoms with van der Waals surface area (Å²) < 4.78 is 56.1. The summed E-state index contributed by atoms with van der Waals surface area (Å²) in [5.74, 6) is -6.99. The van der Waals surface area contributed by atoms with Gasteiger partial charge in [-0.15, -0.1) is 0 Å². The molecule has 4 fully saturated rings. The highest BCUT2D eigenvalue weighted by molar-refractivity contribution is 5.83. The highest BCUT2D eigenvalue weighted by atomic mass is 16.7. The van der Waals surface area contributed by atoms with Crippen molar-refractivity contribution >= 4 is 11.9 Å². The number of hydrogen-bond donors (Lipinski definition) is 8. The average molecular weight is 1160 g/mol. The van der Waals surface area contributed by atoms with Gasteiger partial charge in [-0.3, -0.25) is 0 Å². The number of methoxy groups -OCH3 is 1. The van der Waals surface area contributed by atoms with Crippen molar-refractivity contribution < 1.29 is 93.1 Å². The number of aliphatic hydroxyl groups excluding tert-OH is 7. The minimum atomic E-state index is -1.84. The number of carbonyl (C=O) groups is 2. The number of ether oxygens (including phenoxy) is 9. The lowest BCUT2D eigenvalue weighted by Gasteiger charge is -2.49. The Morgan fingerprint density at radius 2 is 1.09 bits per heavy atom. The fourth-order valence-corrected chi connectivity index (χ4v) is 12.6. The predicted molar refractivity (Wildman–Crippen MR) is 306 cm³/mol. The maximum Gasteiger partial charge on any atom is 0.331 e. The van der Waals surface area contributed by atoms with E-state index >= 15 is 0 Å². The first-order valence-corrected chi connectivity index (χ1v) is 30.3. The molecule has 0 aromatic heterocycles. The summed E-state index contributed by atoms with van der Waals surface area (Å²) >= 11 is 0. The lowest BCUT2D eigenvalue weighted by molar-refractivity contribution is -0.351. The van der Waals surface area contributed by atoms with Crippen LogP contribution in [0.25, 0.3) is 0 Å². The molecule has 0 aliphatic carbocycles. The van der Waals surface area contributed by atoms with Crippen LogP contribution in [0.1, 0.15) is 154 Å². The number of carbonyl (C=O) groups excluding carboxylic acids is 2. The van der Waals surface area contributed by atoms with Crippen LogP contribution in [0, 0.1) is 35.5 Å². The Balaban J connectivity index is 1.39. The second kappa shape index (κ2) is 32.0. The van der Waals surface area contributed by atoms with Gasteiger partial charge in [-0.05, 0) is 77.4 Å². The van der Waals surface area contributed by atoms with Gasteiger partial charge in [0.25, 0.3) is 0 Å². The lowest BCUT2D eigenvalue weighted by Crippen LogP contribution is -2.60. The van der Waals surface area contributed by atoms with Crippen molar-refractivity contribution in [2.75, 3.05) is 7.11 Å². The van der Waals surface area contributed by atoms with Crippen molar-refractivity contribution in [3.8, 4) is 0 Å². The van der Waals surface area contributed by atoms with E-state index in [1.165, 1.54) is 19.3 Å². The van der Waals surface area contributed by atoms with Gasteiger partial charge in [-0.2, -0.15) is 0 Å². The molecule has 0 spiro atoms. The number of cyclic esters (lactones) is 2. The summed E-state index contributed by atoms with van der Waals surface area (Å²) in [5, 5.41) is 88.9. The summed E-state index contributed by atoms with van der Waals surface area (Å²) in [6.45, 7) is 22.4. The van der Waals surface area contributed by atoms with Gasteiger partial charge in [0.2, 0.25) is 0 Å². The van der Waals surface area contributed by atoms with Crippen LogP contribution in [0.4, 0.5) is 0 Å². The van der Waals surface area contributed by atoms with E-state index in [4.69, 9.17) is 42.6 Å². The molecule has 4 saturated heterocycles.